The number of amides is 2. The highest BCUT2D eigenvalue weighted by atomic mass is 16.4. The number of hydrogen-bond acceptors (Lipinski definition) is 4. The van der Waals surface area contributed by atoms with Gasteiger partial charge in [-0.1, -0.05) is 0 Å². The molecule has 2 atom stereocenters. The number of likely N-dealkylation sites (N-methyl/N-ethyl adjacent to an activating group) is 1. The van der Waals surface area contributed by atoms with Gasteiger partial charge in [-0.3, -0.25) is 9.69 Å². The molecule has 0 aromatic carbocycles. The van der Waals surface area contributed by atoms with Gasteiger partial charge in [0, 0.05) is 51.9 Å². The van der Waals surface area contributed by atoms with Crippen LogP contribution < -0.4 is 0 Å². The quantitative estimate of drug-likeness (QED) is 0.767. The first-order valence-corrected chi connectivity index (χ1v) is 7.61. The predicted molar refractivity (Wildman–Crippen MR) is 79.3 cm³/mol. The van der Waals surface area contributed by atoms with Crippen molar-refractivity contribution in [2.75, 3.05) is 52.9 Å². The number of hydrogen-bond donors (Lipinski definition) is 1. The number of carboxylic acids is 1. The lowest BCUT2D eigenvalue weighted by Gasteiger charge is -2.43. The Hall–Kier alpha value is -1.34. The summed E-state index contributed by atoms with van der Waals surface area (Å²) in [5.74, 6) is -0.803. The van der Waals surface area contributed by atoms with E-state index in [9.17, 15) is 9.59 Å². The van der Waals surface area contributed by atoms with E-state index in [1.165, 1.54) is 0 Å². The molecule has 7 heteroatoms. The van der Waals surface area contributed by atoms with Crippen molar-refractivity contribution in [2.45, 2.75) is 25.9 Å². The standard InChI is InChI=1S/C14H26N4O3/c1-11-10-15(3)4-9-18(11)14(21)17-7-5-16(6-8-17)12(2)13(19)20/h11-12H,4-10H2,1-3H3,(H,19,20). The minimum Gasteiger partial charge on any atom is -0.480 e. The molecule has 2 fully saturated rings. The topological polar surface area (TPSA) is 67.3 Å². The average molecular weight is 298 g/mol. The molecule has 0 aromatic rings. The first kappa shape index (κ1) is 16.0. The van der Waals surface area contributed by atoms with Crippen LogP contribution in [0, 0.1) is 0 Å². The molecular weight excluding hydrogens is 272 g/mol. The minimum absolute atomic E-state index is 0.0956. The second kappa shape index (κ2) is 6.62. The van der Waals surface area contributed by atoms with Crippen LogP contribution in [0.3, 0.4) is 0 Å². The third kappa shape index (κ3) is 3.65. The van der Waals surface area contributed by atoms with E-state index in [-0.39, 0.29) is 12.1 Å². The highest BCUT2D eigenvalue weighted by Crippen LogP contribution is 2.14. The molecule has 2 unspecified atom stereocenters. The summed E-state index contributed by atoms with van der Waals surface area (Å²) in [5.41, 5.74) is 0. The molecule has 2 heterocycles. The second-order valence-electron chi connectivity index (χ2n) is 6.12. The normalized spacial score (nSPS) is 26.7. The van der Waals surface area contributed by atoms with E-state index in [2.05, 4.69) is 18.9 Å². The van der Waals surface area contributed by atoms with E-state index in [0.717, 1.165) is 19.6 Å². The highest BCUT2D eigenvalue weighted by Gasteiger charge is 2.32. The smallest absolute Gasteiger partial charge is 0.320 e. The Morgan fingerprint density at radius 2 is 1.71 bits per heavy atom. The minimum atomic E-state index is -0.803. The number of aliphatic carboxylic acids is 1. The van der Waals surface area contributed by atoms with Gasteiger partial charge >= 0.3 is 12.0 Å². The van der Waals surface area contributed by atoms with E-state index in [4.69, 9.17) is 5.11 Å². The molecule has 7 nitrogen and oxygen atoms in total. The zero-order chi connectivity index (χ0) is 15.6. The molecule has 0 saturated carbocycles. The molecular formula is C14H26N4O3. The molecule has 0 spiro atoms. The van der Waals surface area contributed by atoms with E-state index < -0.39 is 12.0 Å². The van der Waals surface area contributed by atoms with Crippen molar-refractivity contribution in [3.05, 3.63) is 0 Å². The molecule has 0 bridgehead atoms. The van der Waals surface area contributed by atoms with E-state index in [1.807, 2.05) is 14.7 Å². The monoisotopic (exact) mass is 298 g/mol. The third-order valence-electron chi connectivity index (χ3n) is 4.57. The number of carboxylic acid groups (broad SMARTS) is 1. The van der Waals surface area contributed by atoms with Gasteiger partial charge in [-0.25, -0.2) is 4.79 Å². The maximum atomic E-state index is 12.6. The van der Waals surface area contributed by atoms with Crippen LogP contribution in [0.15, 0.2) is 0 Å². The summed E-state index contributed by atoms with van der Waals surface area (Å²) < 4.78 is 0. The fraction of sp³-hybridized carbons (Fsp3) is 0.857. The van der Waals surface area contributed by atoms with Crippen LogP contribution in [-0.4, -0.2) is 102 Å². The van der Waals surface area contributed by atoms with E-state index in [0.29, 0.717) is 26.2 Å². The maximum Gasteiger partial charge on any atom is 0.320 e. The van der Waals surface area contributed by atoms with Gasteiger partial charge in [0.1, 0.15) is 6.04 Å². The third-order valence-corrected chi connectivity index (χ3v) is 4.57. The summed E-state index contributed by atoms with van der Waals surface area (Å²) in [7, 11) is 2.07. The Labute approximate surface area is 126 Å². The van der Waals surface area contributed by atoms with Gasteiger partial charge in [0.15, 0.2) is 0 Å². The largest absolute Gasteiger partial charge is 0.480 e. The molecule has 21 heavy (non-hydrogen) atoms. The molecule has 2 aliphatic heterocycles. The predicted octanol–water partition coefficient (Wildman–Crippen LogP) is -0.167. The lowest BCUT2D eigenvalue weighted by molar-refractivity contribution is -0.143. The number of carbonyl (C=O) groups excluding carboxylic acids is 1. The lowest BCUT2D eigenvalue weighted by atomic mass is 10.2. The van der Waals surface area contributed by atoms with Crippen molar-refractivity contribution >= 4 is 12.0 Å². The lowest BCUT2D eigenvalue weighted by Crippen LogP contribution is -2.60. The van der Waals surface area contributed by atoms with Gasteiger partial charge in [0.25, 0.3) is 0 Å². The fourth-order valence-electron chi connectivity index (χ4n) is 3.06. The molecule has 1 N–H and O–H groups in total. The van der Waals surface area contributed by atoms with Crippen LogP contribution in [0.25, 0.3) is 0 Å². The summed E-state index contributed by atoms with van der Waals surface area (Å²) >= 11 is 0. The molecule has 0 aromatic heterocycles. The summed E-state index contributed by atoms with van der Waals surface area (Å²) in [6.45, 7) is 8.82. The summed E-state index contributed by atoms with van der Waals surface area (Å²) in [6.07, 6.45) is 0. The SMILES string of the molecule is CC(C(=O)O)N1CCN(C(=O)N2CCN(C)CC2C)CC1. The number of rotatable bonds is 2. The fourth-order valence-corrected chi connectivity index (χ4v) is 3.06. The van der Waals surface area contributed by atoms with Crippen molar-refractivity contribution in [1.82, 2.24) is 19.6 Å². The molecule has 2 aliphatic rings. The van der Waals surface area contributed by atoms with Crippen LogP contribution in [0.1, 0.15) is 13.8 Å². The number of urea groups is 1. The van der Waals surface area contributed by atoms with Gasteiger partial charge in [0.05, 0.1) is 0 Å². The molecule has 2 amide bonds. The zero-order valence-corrected chi connectivity index (χ0v) is 13.2. The number of piperazine rings is 2. The van der Waals surface area contributed by atoms with Crippen molar-refractivity contribution in [1.29, 1.82) is 0 Å². The first-order valence-electron chi connectivity index (χ1n) is 7.61. The van der Waals surface area contributed by atoms with Crippen molar-refractivity contribution < 1.29 is 14.7 Å². The van der Waals surface area contributed by atoms with Gasteiger partial charge in [-0.05, 0) is 20.9 Å². The summed E-state index contributed by atoms with van der Waals surface area (Å²) in [6, 6.07) is -0.157. The van der Waals surface area contributed by atoms with Crippen molar-refractivity contribution in [3.8, 4) is 0 Å². The molecule has 0 aliphatic carbocycles. The van der Waals surface area contributed by atoms with Crippen LogP contribution in [0.5, 0.6) is 0 Å². The molecule has 120 valence electrons. The highest BCUT2D eigenvalue weighted by molar-refractivity contribution is 5.75. The second-order valence-corrected chi connectivity index (χ2v) is 6.12. The first-order chi connectivity index (χ1) is 9.90. The zero-order valence-electron chi connectivity index (χ0n) is 13.2. The van der Waals surface area contributed by atoms with Gasteiger partial charge < -0.3 is 19.8 Å². The molecule has 2 rings (SSSR count). The Morgan fingerprint density at radius 1 is 1.10 bits per heavy atom. The number of carbonyl (C=O) groups is 2. The van der Waals surface area contributed by atoms with Gasteiger partial charge in [0.2, 0.25) is 0 Å². The van der Waals surface area contributed by atoms with Gasteiger partial charge in [-0.2, -0.15) is 0 Å². The van der Waals surface area contributed by atoms with Crippen LogP contribution in [0.2, 0.25) is 0 Å². The summed E-state index contributed by atoms with van der Waals surface area (Å²) in [5, 5.41) is 9.04. The Balaban J connectivity index is 1.87. The Kier molecular flexibility index (Phi) is 5.05. The van der Waals surface area contributed by atoms with Crippen LogP contribution >= 0.6 is 0 Å². The van der Waals surface area contributed by atoms with Crippen LogP contribution in [0.4, 0.5) is 4.79 Å². The Morgan fingerprint density at radius 3 is 2.24 bits per heavy atom. The molecule has 2 saturated heterocycles. The number of nitrogens with zero attached hydrogens (tertiary/aromatic N) is 4. The average Bonchev–Trinajstić information content (AvgIpc) is 2.46. The van der Waals surface area contributed by atoms with E-state index in [1.54, 1.807) is 6.92 Å². The van der Waals surface area contributed by atoms with E-state index >= 15 is 0 Å². The Bertz CT molecular complexity index is 396. The van der Waals surface area contributed by atoms with Gasteiger partial charge in [-0.15, -0.1) is 0 Å². The molecule has 0 radical (unpaired) electrons. The van der Waals surface area contributed by atoms with Crippen LogP contribution in [-0.2, 0) is 4.79 Å². The maximum absolute atomic E-state index is 12.6. The van der Waals surface area contributed by atoms with Crippen molar-refractivity contribution in [2.24, 2.45) is 0 Å². The van der Waals surface area contributed by atoms with Crippen molar-refractivity contribution in [3.63, 3.8) is 0 Å². The summed E-state index contributed by atoms with van der Waals surface area (Å²) in [4.78, 5) is 31.5.